The zero-order valence-electron chi connectivity index (χ0n) is 23.6. The largest absolute Gasteiger partial charge is 0.492 e. The van der Waals surface area contributed by atoms with Crippen LogP contribution in [0.1, 0.15) is 25.3 Å². The van der Waals surface area contributed by atoms with Crippen LogP contribution in [0.3, 0.4) is 0 Å². The fourth-order valence-electron chi connectivity index (χ4n) is 4.65. The third-order valence-electron chi connectivity index (χ3n) is 7.34. The van der Waals surface area contributed by atoms with E-state index in [1.165, 1.54) is 11.8 Å². The minimum absolute atomic E-state index is 0.135. The van der Waals surface area contributed by atoms with Crippen molar-refractivity contribution in [2.24, 2.45) is 5.92 Å². The van der Waals surface area contributed by atoms with Crippen LogP contribution in [0.4, 0.5) is 23.1 Å². The first kappa shape index (κ1) is 29.5. The number of likely N-dealkylation sites (N-methyl/N-ethyl adjacent to an activating group) is 1. The van der Waals surface area contributed by atoms with Crippen molar-refractivity contribution in [3.05, 3.63) is 59.2 Å². The van der Waals surface area contributed by atoms with E-state index in [0.29, 0.717) is 30.7 Å². The summed E-state index contributed by atoms with van der Waals surface area (Å²) in [4.78, 5) is 13.9. The molecule has 3 aromatic rings. The zero-order valence-corrected chi connectivity index (χ0v) is 25.1. The molecule has 220 valence electrons. The summed E-state index contributed by atoms with van der Waals surface area (Å²) >= 11 is 6.42. The fourth-order valence-corrected chi connectivity index (χ4v) is 6.07. The smallest absolute Gasteiger partial charge is 0.242 e. The normalized spacial score (nSPS) is 16.5. The molecule has 2 heterocycles. The van der Waals surface area contributed by atoms with Gasteiger partial charge in [0.15, 0.2) is 5.82 Å². The molecule has 3 N–H and O–H groups in total. The summed E-state index contributed by atoms with van der Waals surface area (Å²) in [6.45, 7) is 8.30. The van der Waals surface area contributed by atoms with Crippen LogP contribution in [-0.4, -0.2) is 81.1 Å². The number of para-hydroxylation sites is 1. The zero-order chi connectivity index (χ0) is 28.8. The highest BCUT2D eigenvalue weighted by Crippen LogP contribution is 2.32. The molecule has 12 heteroatoms. The minimum atomic E-state index is -3.70. The molecule has 1 aliphatic carbocycles. The topological polar surface area (TPSA) is 112 Å². The van der Waals surface area contributed by atoms with Crippen molar-refractivity contribution in [1.82, 2.24) is 24.5 Å². The van der Waals surface area contributed by atoms with Crippen LogP contribution in [-0.2, 0) is 16.4 Å². The van der Waals surface area contributed by atoms with Gasteiger partial charge in [-0.1, -0.05) is 29.8 Å². The Labute approximate surface area is 247 Å². The Kier molecular flexibility index (Phi) is 9.61. The maximum atomic E-state index is 13.0. The third kappa shape index (κ3) is 8.08. The molecule has 0 bridgehead atoms. The number of sulfonamides is 1. The van der Waals surface area contributed by atoms with Gasteiger partial charge < -0.3 is 25.2 Å². The number of aromatic nitrogens is 2. The van der Waals surface area contributed by atoms with Gasteiger partial charge in [0, 0.05) is 39.3 Å². The minimum Gasteiger partial charge on any atom is -0.492 e. The Balaban J connectivity index is 1.30. The van der Waals surface area contributed by atoms with Gasteiger partial charge in [-0.15, -0.1) is 0 Å². The van der Waals surface area contributed by atoms with Crippen LogP contribution >= 0.6 is 11.6 Å². The first-order valence-electron chi connectivity index (χ1n) is 14.1. The van der Waals surface area contributed by atoms with Crippen molar-refractivity contribution in [1.29, 1.82) is 0 Å². The lowest BCUT2D eigenvalue weighted by Gasteiger charge is -2.32. The molecule has 0 radical (unpaired) electrons. The predicted octanol–water partition coefficient (Wildman–Crippen LogP) is 4.49. The average molecular weight is 600 g/mol. The molecular formula is C29H38ClN7O3S. The van der Waals surface area contributed by atoms with Gasteiger partial charge in [0.2, 0.25) is 16.0 Å². The molecule has 0 amide bonds. The number of hydrogen-bond donors (Lipinski definition) is 3. The number of nitrogens with zero attached hydrogens (tertiary/aromatic N) is 4. The quantitative estimate of drug-likeness (QED) is 0.261. The first-order valence-corrected chi connectivity index (χ1v) is 16.0. The molecule has 2 fully saturated rings. The average Bonchev–Trinajstić information content (AvgIpc) is 3.80. The summed E-state index contributed by atoms with van der Waals surface area (Å²) < 4.78 is 34.7. The molecule has 1 saturated heterocycles. The second kappa shape index (κ2) is 13.3. The van der Waals surface area contributed by atoms with Crippen LogP contribution in [0.15, 0.2) is 53.6 Å². The monoisotopic (exact) mass is 599 g/mol. The van der Waals surface area contributed by atoms with E-state index in [9.17, 15) is 8.42 Å². The third-order valence-corrected chi connectivity index (χ3v) is 9.10. The highest BCUT2D eigenvalue weighted by molar-refractivity contribution is 7.89. The highest BCUT2D eigenvalue weighted by Gasteiger charge is 2.26. The maximum absolute atomic E-state index is 13.0. The number of halogens is 1. The Hall–Kier alpha value is -2.96. The van der Waals surface area contributed by atoms with E-state index in [1.807, 2.05) is 13.0 Å². The van der Waals surface area contributed by atoms with Gasteiger partial charge in [0.05, 0.1) is 24.2 Å². The van der Waals surface area contributed by atoms with Crippen molar-refractivity contribution in [2.75, 3.05) is 63.6 Å². The lowest BCUT2D eigenvalue weighted by Crippen LogP contribution is -2.45. The van der Waals surface area contributed by atoms with E-state index in [1.54, 1.807) is 24.3 Å². The molecule has 2 aromatic carbocycles. The van der Waals surface area contributed by atoms with Crippen LogP contribution < -0.4 is 20.1 Å². The molecule has 1 saturated carbocycles. The lowest BCUT2D eigenvalue weighted by molar-refractivity contribution is 0.155. The summed E-state index contributed by atoms with van der Waals surface area (Å²) in [5.74, 6) is 1.73. The fraction of sp³-hybridized carbons (Fsp3) is 0.448. The summed E-state index contributed by atoms with van der Waals surface area (Å²) in [5, 5.41) is 6.60. The molecule has 1 aromatic heterocycles. The Morgan fingerprint density at radius 3 is 2.59 bits per heavy atom. The van der Waals surface area contributed by atoms with Crippen molar-refractivity contribution in [2.45, 2.75) is 31.1 Å². The Morgan fingerprint density at radius 2 is 1.83 bits per heavy atom. The van der Waals surface area contributed by atoms with E-state index >= 15 is 0 Å². The van der Waals surface area contributed by atoms with Crippen LogP contribution in [0.25, 0.3) is 0 Å². The molecule has 0 atom stereocenters. The van der Waals surface area contributed by atoms with E-state index in [-0.39, 0.29) is 15.7 Å². The molecule has 0 spiro atoms. The summed E-state index contributed by atoms with van der Waals surface area (Å²) in [7, 11) is -1.54. The number of nitrogens with one attached hydrogen (secondary N) is 3. The van der Waals surface area contributed by atoms with Crippen molar-refractivity contribution < 1.29 is 13.2 Å². The lowest BCUT2D eigenvalue weighted by atomic mass is 10.1. The van der Waals surface area contributed by atoms with Crippen LogP contribution in [0, 0.1) is 5.92 Å². The number of hydrogen-bond acceptors (Lipinski definition) is 9. The Bertz CT molecular complexity index is 1440. The van der Waals surface area contributed by atoms with Crippen molar-refractivity contribution in [3.8, 4) is 5.75 Å². The standard InChI is InChI=1S/C29H38ClN7O3S/c1-3-40-26-18-21(12-13-37-16-14-36(2)15-17-37)10-11-24(26)34-29-31-20-23(30)28(35-29)33-25-6-4-5-7-27(25)41(38,39)32-19-22-8-9-22/h4-7,10-11,18,20,22,32H,3,8-9,12-17,19H2,1-2H3,(H2,31,33,34,35). The molecular weight excluding hydrogens is 562 g/mol. The van der Waals surface area contributed by atoms with Gasteiger partial charge in [0.1, 0.15) is 15.7 Å². The SMILES string of the molecule is CCOc1cc(CCN2CCN(C)CC2)ccc1Nc1ncc(Cl)c(Nc2ccccc2S(=O)(=O)NCC2CC2)n1. The number of benzene rings is 2. The van der Waals surface area contributed by atoms with Crippen LogP contribution in [0.5, 0.6) is 5.75 Å². The van der Waals surface area contributed by atoms with Gasteiger partial charge >= 0.3 is 0 Å². The van der Waals surface area contributed by atoms with Crippen molar-refractivity contribution >= 4 is 44.8 Å². The molecule has 0 unspecified atom stereocenters. The van der Waals surface area contributed by atoms with E-state index < -0.39 is 10.0 Å². The maximum Gasteiger partial charge on any atom is 0.242 e. The first-order chi connectivity index (χ1) is 19.8. The number of anilines is 4. The number of piperazine rings is 1. The molecule has 1 aliphatic heterocycles. The van der Waals surface area contributed by atoms with E-state index in [0.717, 1.165) is 63.4 Å². The van der Waals surface area contributed by atoms with Gasteiger partial charge in [0.25, 0.3) is 0 Å². The van der Waals surface area contributed by atoms with Crippen molar-refractivity contribution in [3.63, 3.8) is 0 Å². The summed E-state index contributed by atoms with van der Waals surface area (Å²) in [6, 6.07) is 12.8. The second-order valence-electron chi connectivity index (χ2n) is 10.6. The predicted molar refractivity (Wildman–Crippen MR) is 163 cm³/mol. The highest BCUT2D eigenvalue weighted by atomic mass is 35.5. The van der Waals surface area contributed by atoms with Crippen LogP contribution in [0.2, 0.25) is 5.02 Å². The van der Waals surface area contributed by atoms with E-state index in [2.05, 4.69) is 54.3 Å². The van der Waals surface area contributed by atoms with Gasteiger partial charge in [-0.3, -0.25) is 0 Å². The van der Waals surface area contributed by atoms with Gasteiger partial charge in [-0.25, -0.2) is 18.1 Å². The molecule has 10 nitrogen and oxygen atoms in total. The van der Waals surface area contributed by atoms with Gasteiger partial charge in [-0.05, 0) is 69.0 Å². The molecule has 41 heavy (non-hydrogen) atoms. The number of ether oxygens (including phenoxy) is 1. The number of rotatable bonds is 13. The Morgan fingerprint density at radius 1 is 1.05 bits per heavy atom. The molecule has 5 rings (SSSR count). The molecule has 2 aliphatic rings. The summed E-state index contributed by atoms with van der Waals surface area (Å²) in [5.41, 5.74) is 2.31. The van der Waals surface area contributed by atoms with Gasteiger partial charge in [-0.2, -0.15) is 4.98 Å². The second-order valence-corrected chi connectivity index (χ2v) is 12.7. The summed E-state index contributed by atoms with van der Waals surface area (Å²) in [6.07, 6.45) is 4.53. The van der Waals surface area contributed by atoms with E-state index in [4.69, 9.17) is 16.3 Å².